The number of hydrogen-bond acceptors (Lipinski definition) is 2. The van der Waals surface area contributed by atoms with Crippen LogP contribution in [0.1, 0.15) is 26.0 Å². The van der Waals surface area contributed by atoms with E-state index >= 15 is 0 Å². The molecule has 0 aliphatic heterocycles. The maximum atomic E-state index is 6.01. The summed E-state index contributed by atoms with van der Waals surface area (Å²) in [7, 11) is 2.00. The predicted octanol–water partition coefficient (Wildman–Crippen LogP) is 2.49. The summed E-state index contributed by atoms with van der Waals surface area (Å²) in [5.41, 5.74) is 8.38. The van der Waals surface area contributed by atoms with Crippen molar-refractivity contribution in [1.82, 2.24) is 9.78 Å². The van der Waals surface area contributed by atoms with E-state index in [0.29, 0.717) is 5.92 Å². The lowest BCUT2D eigenvalue weighted by Gasteiger charge is -2.17. The monoisotopic (exact) mass is 231 g/mol. The van der Waals surface area contributed by atoms with E-state index in [1.54, 1.807) is 0 Å². The first-order chi connectivity index (χ1) is 8.13. The fourth-order valence-electron chi connectivity index (χ4n) is 2.39. The lowest BCUT2D eigenvalue weighted by Crippen LogP contribution is -2.27. The van der Waals surface area contributed by atoms with Crippen molar-refractivity contribution in [3.05, 3.63) is 30.0 Å². The summed E-state index contributed by atoms with van der Waals surface area (Å²) in [6.45, 7) is 4.28. The summed E-state index contributed by atoms with van der Waals surface area (Å²) in [5.74, 6) is 0.508. The van der Waals surface area contributed by atoms with E-state index in [1.165, 1.54) is 16.6 Å². The molecule has 2 unspecified atom stereocenters. The zero-order valence-corrected chi connectivity index (χ0v) is 10.9. The minimum atomic E-state index is 0.223. The number of rotatable bonds is 4. The molecule has 0 radical (unpaired) electrons. The lowest BCUT2D eigenvalue weighted by molar-refractivity contribution is 0.423. The van der Waals surface area contributed by atoms with Crippen LogP contribution in [0.2, 0.25) is 0 Å². The highest BCUT2D eigenvalue weighted by molar-refractivity contribution is 5.81. The van der Waals surface area contributed by atoms with Gasteiger partial charge in [0.2, 0.25) is 0 Å². The van der Waals surface area contributed by atoms with Crippen molar-refractivity contribution in [2.24, 2.45) is 18.7 Å². The molecule has 1 aromatic carbocycles. The molecule has 92 valence electrons. The van der Waals surface area contributed by atoms with Crippen molar-refractivity contribution < 1.29 is 0 Å². The quantitative estimate of drug-likeness (QED) is 0.878. The molecule has 1 heterocycles. The zero-order valence-electron chi connectivity index (χ0n) is 10.9. The van der Waals surface area contributed by atoms with Crippen molar-refractivity contribution in [2.45, 2.75) is 32.7 Å². The molecule has 17 heavy (non-hydrogen) atoms. The molecule has 0 saturated carbocycles. The molecule has 3 nitrogen and oxygen atoms in total. The van der Waals surface area contributed by atoms with Crippen LogP contribution in [0, 0.1) is 5.92 Å². The molecule has 1 aromatic heterocycles. The van der Waals surface area contributed by atoms with Gasteiger partial charge < -0.3 is 5.73 Å². The van der Waals surface area contributed by atoms with E-state index in [1.807, 2.05) is 11.7 Å². The largest absolute Gasteiger partial charge is 0.328 e. The molecule has 2 rings (SSSR count). The zero-order chi connectivity index (χ0) is 12.4. The molecule has 2 N–H and O–H groups in total. The van der Waals surface area contributed by atoms with Crippen molar-refractivity contribution in [3.63, 3.8) is 0 Å². The molecule has 0 saturated heterocycles. The Morgan fingerprint density at radius 1 is 1.35 bits per heavy atom. The van der Waals surface area contributed by atoms with Crippen LogP contribution in [0.4, 0.5) is 0 Å². The standard InChI is InChI=1S/C14H21N3/c1-4-11(10(2)15)9-13-12-7-5-6-8-14(12)17(3)16-13/h5-8,10-11H,4,9,15H2,1-3H3. The highest BCUT2D eigenvalue weighted by Crippen LogP contribution is 2.22. The Bertz CT molecular complexity index is 499. The Balaban J connectivity index is 2.36. The molecule has 0 aliphatic rings. The van der Waals surface area contributed by atoms with Gasteiger partial charge in [0.1, 0.15) is 0 Å². The normalized spacial score (nSPS) is 15.1. The summed E-state index contributed by atoms with van der Waals surface area (Å²) in [6, 6.07) is 8.60. The van der Waals surface area contributed by atoms with E-state index in [4.69, 9.17) is 5.73 Å². The highest BCUT2D eigenvalue weighted by atomic mass is 15.3. The fraction of sp³-hybridized carbons (Fsp3) is 0.500. The van der Waals surface area contributed by atoms with Crippen LogP contribution < -0.4 is 5.73 Å². The Morgan fingerprint density at radius 2 is 2.06 bits per heavy atom. The Hall–Kier alpha value is -1.35. The van der Waals surface area contributed by atoms with Crippen LogP contribution in [0.3, 0.4) is 0 Å². The minimum Gasteiger partial charge on any atom is -0.328 e. The van der Waals surface area contributed by atoms with E-state index in [2.05, 4.69) is 43.2 Å². The average molecular weight is 231 g/mol. The number of hydrogen-bond donors (Lipinski definition) is 1. The van der Waals surface area contributed by atoms with E-state index in [-0.39, 0.29) is 6.04 Å². The van der Waals surface area contributed by atoms with Gasteiger partial charge in [-0.2, -0.15) is 5.10 Å². The van der Waals surface area contributed by atoms with Gasteiger partial charge in [-0.25, -0.2) is 0 Å². The van der Waals surface area contributed by atoms with Gasteiger partial charge in [-0.15, -0.1) is 0 Å². The SMILES string of the molecule is CCC(Cc1nn(C)c2ccccc12)C(C)N. The van der Waals surface area contributed by atoms with Gasteiger partial charge in [0.15, 0.2) is 0 Å². The second-order valence-electron chi connectivity index (χ2n) is 4.82. The van der Waals surface area contributed by atoms with Gasteiger partial charge in [-0.1, -0.05) is 31.5 Å². The topological polar surface area (TPSA) is 43.8 Å². The van der Waals surface area contributed by atoms with Crippen molar-refractivity contribution in [2.75, 3.05) is 0 Å². The first-order valence-electron chi connectivity index (χ1n) is 6.29. The van der Waals surface area contributed by atoms with Crippen LogP contribution in [0.15, 0.2) is 24.3 Å². The van der Waals surface area contributed by atoms with Crippen LogP contribution in [-0.4, -0.2) is 15.8 Å². The molecule has 0 spiro atoms. The van der Waals surface area contributed by atoms with Gasteiger partial charge in [0.25, 0.3) is 0 Å². The smallest absolute Gasteiger partial charge is 0.0706 e. The molecular weight excluding hydrogens is 210 g/mol. The molecule has 2 aromatic rings. The number of nitrogens with zero attached hydrogens (tertiary/aromatic N) is 2. The Morgan fingerprint density at radius 3 is 2.71 bits per heavy atom. The number of para-hydroxylation sites is 1. The second kappa shape index (κ2) is 4.88. The van der Waals surface area contributed by atoms with Crippen LogP contribution in [0.5, 0.6) is 0 Å². The summed E-state index contributed by atoms with van der Waals surface area (Å²) in [5, 5.41) is 5.88. The molecule has 0 amide bonds. The van der Waals surface area contributed by atoms with E-state index < -0.39 is 0 Å². The lowest BCUT2D eigenvalue weighted by atomic mass is 9.93. The first kappa shape index (κ1) is 12.1. The molecule has 0 aliphatic carbocycles. The number of benzene rings is 1. The number of fused-ring (bicyclic) bond motifs is 1. The molecule has 0 bridgehead atoms. The van der Waals surface area contributed by atoms with E-state index in [0.717, 1.165) is 12.8 Å². The van der Waals surface area contributed by atoms with Gasteiger partial charge in [0.05, 0.1) is 11.2 Å². The number of aromatic nitrogens is 2. The highest BCUT2D eigenvalue weighted by Gasteiger charge is 2.16. The predicted molar refractivity (Wildman–Crippen MR) is 71.8 cm³/mol. The third kappa shape index (κ3) is 2.34. The van der Waals surface area contributed by atoms with Gasteiger partial charge in [-0.05, 0) is 25.3 Å². The Labute approximate surface area is 103 Å². The third-order valence-corrected chi connectivity index (χ3v) is 3.56. The summed E-state index contributed by atoms with van der Waals surface area (Å²) >= 11 is 0. The fourth-order valence-corrected chi connectivity index (χ4v) is 2.39. The maximum Gasteiger partial charge on any atom is 0.0706 e. The van der Waals surface area contributed by atoms with Gasteiger partial charge in [0, 0.05) is 18.5 Å². The average Bonchev–Trinajstić information content (AvgIpc) is 2.63. The maximum absolute atomic E-state index is 6.01. The second-order valence-corrected chi connectivity index (χ2v) is 4.82. The van der Waals surface area contributed by atoms with Crippen molar-refractivity contribution in [3.8, 4) is 0 Å². The summed E-state index contributed by atoms with van der Waals surface area (Å²) in [4.78, 5) is 0. The van der Waals surface area contributed by atoms with Gasteiger partial charge >= 0.3 is 0 Å². The Kier molecular flexibility index (Phi) is 3.48. The van der Waals surface area contributed by atoms with E-state index in [9.17, 15) is 0 Å². The summed E-state index contributed by atoms with van der Waals surface area (Å²) in [6.07, 6.45) is 2.07. The van der Waals surface area contributed by atoms with Crippen LogP contribution in [0.25, 0.3) is 10.9 Å². The van der Waals surface area contributed by atoms with Crippen LogP contribution in [-0.2, 0) is 13.5 Å². The molecule has 3 heteroatoms. The van der Waals surface area contributed by atoms with Gasteiger partial charge in [-0.3, -0.25) is 4.68 Å². The van der Waals surface area contributed by atoms with Crippen molar-refractivity contribution >= 4 is 10.9 Å². The molecular formula is C14H21N3. The third-order valence-electron chi connectivity index (χ3n) is 3.56. The van der Waals surface area contributed by atoms with Crippen LogP contribution >= 0.6 is 0 Å². The summed E-state index contributed by atoms with van der Waals surface area (Å²) < 4.78 is 1.96. The molecule has 0 fully saturated rings. The van der Waals surface area contributed by atoms with Crippen molar-refractivity contribution in [1.29, 1.82) is 0 Å². The first-order valence-corrected chi connectivity index (χ1v) is 6.29. The minimum absolute atomic E-state index is 0.223. The number of nitrogens with two attached hydrogens (primary N) is 1. The number of aryl methyl sites for hydroxylation is 1. The molecule has 2 atom stereocenters.